The van der Waals surface area contributed by atoms with Crippen LogP contribution < -0.4 is 10.5 Å². The molecule has 0 aliphatic carbocycles. The number of ether oxygens (including phenoxy) is 1. The molecule has 1 heterocycles. The van der Waals surface area contributed by atoms with E-state index in [9.17, 15) is 39.9 Å². The Morgan fingerprint density at radius 1 is 1.17 bits per heavy atom. The highest BCUT2D eigenvalue weighted by Gasteiger charge is 2.59. The summed E-state index contributed by atoms with van der Waals surface area (Å²) in [5, 5.41) is 3.51. The summed E-state index contributed by atoms with van der Waals surface area (Å²) in [6, 6.07) is 4.16. The Kier molecular flexibility index (Phi) is 6.09. The van der Waals surface area contributed by atoms with Gasteiger partial charge in [-0.15, -0.1) is 0 Å². The van der Waals surface area contributed by atoms with Crippen LogP contribution in [0, 0.1) is 0 Å². The van der Waals surface area contributed by atoms with Crippen LogP contribution >= 0.6 is 0 Å². The van der Waals surface area contributed by atoms with Crippen molar-refractivity contribution in [2.45, 2.75) is 31.3 Å². The van der Waals surface area contributed by atoms with Gasteiger partial charge in [-0.05, 0) is 12.1 Å². The SMILES string of the molecule is Cn1nc(C(F)F)c(CC(N)=O)c1-c1ccccc1OC(F)(F)C(F)C(F)(F)F. The zero-order valence-corrected chi connectivity index (χ0v) is 14.5. The number of hydrogen-bond acceptors (Lipinski definition) is 3. The number of carbonyl (C=O) groups is 1. The molecule has 0 fully saturated rings. The van der Waals surface area contributed by atoms with E-state index in [1.165, 1.54) is 6.07 Å². The second-order valence-electron chi connectivity index (χ2n) is 5.84. The average molecular weight is 431 g/mol. The van der Waals surface area contributed by atoms with Crippen molar-refractivity contribution in [1.29, 1.82) is 0 Å². The van der Waals surface area contributed by atoms with Gasteiger partial charge in [0, 0.05) is 18.2 Å². The van der Waals surface area contributed by atoms with E-state index in [0.717, 1.165) is 29.9 Å². The Labute approximate surface area is 158 Å². The maximum Gasteiger partial charge on any atom is 0.439 e. The van der Waals surface area contributed by atoms with Gasteiger partial charge < -0.3 is 10.5 Å². The smallest absolute Gasteiger partial charge is 0.429 e. The quantitative estimate of drug-likeness (QED) is 0.676. The first kappa shape index (κ1) is 22.4. The van der Waals surface area contributed by atoms with E-state index >= 15 is 0 Å². The third kappa shape index (κ3) is 4.77. The number of nitrogens with two attached hydrogens (primary N) is 1. The molecule has 1 atom stereocenters. The predicted octanol–water partition coefficient (Wildman–Crippen LogP) is 3.92. The summed E-state index contributed by atoms with van der Waals surface area (Å²) >= 11 is 0. The Balaban J connectivity index is 2.61. The third-order valence-corrected chi connectivity index (χ3v) is 3.70. The number of hydrogen-bond donors (Lipinski definition) is 1. The van der Waals surface area contributed by atoms with E-state index in [1.807, 2.05) is 0 Å². The van der Waals surface area contributed by atoms with Crippen molar-refractivity contribution >= 4 is 5.91 Å². The number of amides is 1. The van der Waals surface area contributed by atoms with E-state index < -0.39 is 59.8 Å². The molecule has 1 aromatic heterocycles. The molecule has 0 radical (unpaired) electrons. The number of rotatable bonds is 7. The highest BCUT2D eigenvalue weighted by molar-refractivity contribution is 5.81. The fourth-order valence-corrected chi connectivity index (χ4v) is 2.59. The number of benzene rings is 1. The molecule has 29 heavy (non-hydrogen) atoms. The first-order chi connectivity index (χ1) is 13.3. The molecule has 5 nitrogen and oxygen atoms in total. The van der Waals surface area contributed by atoms with Crippen molar-refractivity contribution in [3.05, 3.63) is 35.5 Å². The zero-order valence-electron chi connectivity index (χ0n) is 14.5. The topological polar surface area (TPSA) is 70.1 Å². The number of aryl methyl sites for hydroxylation is 1. The average Bonchev–Trinajstić information content (AvgIpc) is 2.89. The lowest BCUT2D eigenvalue weighted by Gasteiger charge is -2.24. The van der Waals surface area contributed by atoms with Crippen LogP contribution in [-0.2, 0) is 18.3 Å². The van der Waals surface area contributed by atoms with Crippen LogP contribution in [-0.4, -0.2) is 34.1 Å². The Morgan fingerprint density at radius 3 is 2.28 bits per heavy atom. The second kappa shape index (κ2) is 7.87. The summed E-state index contributed by atoms with van der Waals surface area (Å²) in [6.07, 6.45) is -19.8. The largest absolute Gasteiger partial charge is 0.439 e. The molecule has 0 spiro atoms. The van der Waals surface area contributed by atoms with Gasteiger partial charge in [-0.3, -0.25) is 9.48 Å². The monoisotopic (exact) mass is 431 g/mol. The van der Waals surface area contributed by atoms with Gasteiger partial charge in [-0.2, -0.15) is 27.1 Å². The summed E-state index contributed by atoms with van der Waals surface area (Å²) in [5.41, 5.74) is 2.99. The number of carbonyl (C=O) groups excluding carboxylic acids is 1. The van der Waals surface area contributed by atoms with Crippen molar-refractivity contribution in [3.8, 4) is 17.0 Å². The van der Waals surface area contributed by atoms with Crippen LogP contribution in [0.4, 0.5) is 35.1 Å². The maximum absolute atomic E-state index is 13.7. The minimum absolute atomic E-state index is 0.326. The molecule has 0 bridgehead atoms. The van der Waals surface area contributed by atoms with Gasteiger partial charge in [0.05, 0.1) is 12.1 Å². The van der Waals surface area contributed by atoms with E-state index in [0.29, 0.717) is 0 Å². The molecular formula is C16H13F8N3O2. The maximum atomic E-state index is 13.7. The molecule has 0 aliphatic heterocycles. The molecule has 1 aromatic carbocycles. The highest BCUT2D eigenvalue weighted by Crippen LogP contribution is 2.41. The van der Waals surface area contributed by atoms with Crippen LogP contribution in [0.1, 0.15) is 17.7 Å². The molecular weight excluding hydrogens is 418 g/mol. The second-order valence-corrected chi connectivity index (χ2v) is 5.84. The van der Waals surface area contributed by atoms with Crippen molar-refractivity contribution in [1.82, 2.24) is 9.78 Å². The molecule has 2 rings (SSSR count). The number of alkyl halides is 8. The normalized spacial score (nSPS) is 13.6. The fourth-order valence-electron chi connectivity index (χ4n) is 2.59. The highest BCUT2D eigenvalue weighted by atomic mass is 19.4. The van der Waals surface area contributed by atoms with E-state index in [2.05, 4.69) is 9.84 Å². The number of para-hydroxylation sites is 1. The van der Waals surface area contributed by atoms with Gasteiger partial charge in [-0.25, -0.2) is 13.2 Å². The first-order valence-corrected chi connectivity index (χ1v) is 7.75. The predicted molar refractivity (Wildman–Crippen MR) is 83.0 cm³/mol. The van der Waals surface area contributed by atoms with Crippen molar-refractivity contribution in [2.24, 2.45) is 12.8 Å². The molecule has 2 aromatic rings. The van der Waals surface area contributed by atoms with Crippen LogP contribution in [0.15, 0.2) is 24.3 Å². The Bertz CT molecular complexity index is 895. The summed E-state index contributed by atoms with van der Waals surface area (Å²) in [5.74, 6) is -2.00. The molecule has 1 amide bonds. The molecule has 13 heteroatoms. The summed E-state index contributed by atoms with van der Waals surface area (Å²) in [6.45, 7) is 0. The van der Waals surface area contributed by atoms with Crippen LogP contribution in [0.25, 0.3) is 11.3 Å². The standard InChI is InChI=1S/C16H13F8N3O2/c1-27-12(8(6-10(25)28)11(26-27)13(17)18)7-4-2-3-5-9(7)29-16(23,24)14(19)15(20,21)22/h2-5,13-14H,6H2,1H3,(H2,25,28). The van der Waals surface area contributed by atoms with Crippen LogP contribution in [0.2, 0.25) is 0 Å². The lowest BCUT2D eigenvalue weighted by atomic mass is 10.0. The summed E-state index contributed by atoms with van der Waals surface area (Å²) in [4.78, 5) is 11.3. The molecule has 2 N–H and O–H groups in total. The zero-order chi connectivity index (χ0) is 22.1. The Morgan fingerprint density at radius 2 is 1.76 bits per heavy atom. The minimum Gasteiger partial charge on any atom is -0.429 e. The van der Waals surface area contributed by atoms with Crippen molar-refractivity contribution < 1.29 is 44.7 Å². The van der Waals surface area contributed by atoms with Crippen LogP contribution in [0.3, 0.4) is 0 Å². The fraction of sp³-hybridized carbons (Fsp3) is 0.375. The van der Waals surface area contributed by atoms with E-state index in [-0.39, 0.29) is 5.69 Å². The molecule has 0 saturated heterocycles. The van der Waals surface area contributed by atoms with Crippen molar-refractivity contribution in [3.63, 3.8) is 0 Å². The van der Waals surface area contributed by atoms with Gasteiger partial charge in [0.2, 0.25) is 5.91 Å². The lowest BCUT2D eigenvalue weighted by Crippen LogP contribution is -2.45. The van der Waals surface area contributed by atoms with Gasteiger partial charge in [0.1, 0.15) is 11.4 Å². The summed E-state index contributed by atoms with van der Waals surface area (Å²) < 4.78 is 109. The number of nitrogens with zero attached hydrogens (tertiary/aromatic N) is 2. The third-order valence-electron chi connectivity index (χ3n) is 3.70. The van der Waals surface area contributed by atoms with Gasteiger partial charge in [-0.1, -0.05) is 12.1 Å². The summed E-state index contributed by atoms with van der Waals surface area (Å²) in [7, 11) is 1.13. The number of primary amides is 1. The number of halogens is 8. The van der Waals surface area contributed by atoms with Crippen molar-refractivity contribution in [2.75, 3.05) is 0 Å². The minimum atomic E-state index is -5.91. The molecule has 0 saturated carbocycles. The Hall–Kier alpha value is -2.86. The lowest BCUT2D eigenvalue weighted by molar-refractivity contribution is -0.304. The van der Waals surface area contributed by atoms with Gasteiger partial charge in [0.15, 0.2) is 0 Å². The van der Waals surface area contributed by atoms with Crippen LogP contribution in [0.5, 0.6) is 5.75 Å². The first-order valence-electron chi connectivity index (χ1n) is 7.75. The van der Waals surface area contributed by atoms with Gasteiger partial charge in [0.25, 0.3) is 12.6 Å². The number of aromatic nitrogens is 2. The van der Waals surface area contributed by atoms with E-state index in [1.54, 1.807) is 0 Å². The molecule has 0 aliphatic rings. The molecule has 160 valence electrons. The van der Waals surface area contributed by atoms with E-state index in [4.69, 9.17) is 5.73 Å². The van der Waals surface area contributed by atoms with Gasteiger partial charge >= 0.3 is 12.3 Å². The molecule has 1 unspecified atom stereocenters.